The van der Waals surface area contributed by atoms with Crippen LogP contribution in [0, 0.1) is 0 Å². The quantitative estimate of drug-likeness (QED) is 0.828. The lowest BCUT2D eigenvalue weighted by Gasteiger charge is -2.21. The molecular weight excluding hydrogens is 244 g/mol. The van der Waals surface area contributed by atoms with Gasteiger partial charge in [0.2, 0.25) is 0 Å². The molecule has 2 N–H and O–H groups in total. The maximum Gasteiger partial charge on any atom is 0.104 e. The number of ether oxygens (including phenoxy) is 1. The number of anilines is 1. The number of hydrogen-bond donors (Lipinski definition) is 1. The first-order chi connectivity index (χ1) is 8.66. The molecule has 4 heteroatoms. The van der Waals surface area contributed by atoms with Crippen molar-refractivity contribution in [2.75, 3.05) is 25.1 Å². The van der Waals surface area contributed by atoms with E-state index in [1.807, 2.05) is 18.2 Å². The minimum Gasteiger partial charge on any atom is -0.389 e. The van der Waals surface area contributed by atoms with Crippen molar-refractivity contribution in [3.63, 3.8) is 0 Å². The van der Waals surface area contributed by atoms with E-state index in [2.05, 4.69) is 18.0 Å². The predicted octanol–water partition coefficient (Wildman–Crippen LogP) is 2.33. The van der Waals surface area contributed by atoms with Gasteiger partial charge in [-0.05, 0) is 31.4 Å². The highest BCUT2D eigenvalue weighted by Gasteiger charge is 2.15. The molecule has 1 aliphatic rings. The molecule has 18 heavy (non-hydrogen) atoms. The zero-order valence-corrected chi connectivity index (χ0v) is 11.6. The number of hydrogen-bond acceptors (Lipinski definition) is 3. The summed E-state index contributed by atoms with van der Waals surface area (Å²) in [5.41, 5.74) is 7.72. The molecule has 0 aromatic heterocycles. The third kappa shape index (κ3) is 3.43. The molecule has 1 aromatic rings. The highest BCUT2D eigenvalue weighted by Crippen LogP contribution is 2.19. The highest BCUT2D eigenvalue weighted by molar-refractivity contribution is 7.80. The van der Waals surface area contributed by atoms with Gasteiger partial charge in [0.15, 0.2) is 0 Å². The van der Waals surface area contributed by atoms with E-state index < -0.39 is 0 Å². The molecule has 1 unspecified atom stereocenters. The van der Waals surface area contributed by atoms with Gasteiger partial charge in [-0.3, -0.25) is 0 Å². The maximum absolute atomic E-state index is 5.65. The number of thiocarbonyl (C=S) groups is 1. The Morgan fingerprint density at radius 3 is 3.06 bits per heavy atom. The van der Waals surface area contributed by atoms with Gasteiger partial charge in [0.1, 0.15) is 4.99 Å². The summed E-state index contributed by atoms with van der Waals surface area (Å²) in [6.07, 6.45) is 3.91. The van der Waals surface area contributed by atoms with Gasteiger partial charge in [-0.15, -0.1) is 0 Å². The Hall–Kier alpha value is -1.13. The Kier molecular flexibility index (Phi) is 4.55. The van der Waals surface area contributed by atoms with Crippen molar-refractivity contribution in [3.05, 3.63) is 29.8 Å². The second kappa shape index (κ2) is 6.16. The lowest BCUT2D eigenvalue weighted by molar-refractivity contribution is 0.106. The van der Waals surface area contributed by atoms with Crippen LogP contribution in [-0.2, 0) is 4.74 Å². The molecule has 1 aromatic carbocycles. The van der Waals surface area contributed by atoms with Crippen LogP contribution in [0.4, 0.5) is 5.69 Å². The van der Waals surface area contributed by atoms with E-state index >= 15 is 0 Å². The fourth-order valence-corrected chi connectivity index (χ4v) is 2.36. The summed E-state index contributed by atoms with van der Waals surface area (Å²) in [6.45, 7) is 1.91. The van der Waals surface area contributed by atoms with E-state index in [0.29, 0.717) is 11.1 Å². The van der Waals surface area contributed by atoms with Crippen molar-refractivity contribution < 1.29 is 4.74 Å². The standard InChI is InChI=1S/C14H20N2OS/c1-16(8-7-13-6-3-9-17-13)12-5-2-4-11(10-12)14(15)18/h2,4-5,10,13H,3,6-9H2,1H3,(H2,15,18). The molecule has 0 radical (unpaired) electrons. The van der Waals surface area contributed by atoms with E-state index in [1.165, 1.54) is 12.8 Å². The molecule has 0 bridgehead atoms. The minimum absolute atomic E-state index is 0.436. The topological polar surface area (TPSA) is 38.5 Å². The molecule has 0 aliphatic carbocycles. The predicted molar refractivity (Wildman–Crippen MR) is 79.2 cm³/mol. The summed E-state index contributed by atoms with van der Waals surface area (Å²) in [7, 11) is 2.09. The Morgan fingerprint density at radius 1 is 1.56 bits per heavy atom. The van der Waals surface area contributed by atoms with Crippen LogP contribution in [0.25, 0.3) is 0 Å². The van der Waals surface area contributed by atoms with E-state index in [1.54, 1.807) is 0 Å². The van der Waals surface area contributed by atoms with E-state index in [0.717, 1.165) is 30.8 Å². The molecule has 1 atom stereocenters. The van der Waals surface area contributed by atoms with E-state index in [-0.39, 0.29) is 0 Å². The number of nitrogens with zero attached hydrogens (tertiary/aromatic N) is 1. The first kappa shape index (κ1) is 13.3. The Morgan fingerprint density at radius 2 is 2.39 bits per heavy atom. The van der Waals surface area contributed by atoms with Gasteiger partial charge in [0.25, 0.3) is 0 Å². The molecule has 1 aliphatic heterocycles. The maximum atomic E-state index is 5.65. The van der Waals surface area contributed by atoms with Crippen LogP contribution in [0.1, 0.15) is 24.8 Å². The van der Waals surface area contributed by atoms with Crippen molar-refractivity contribution >= 4 is 22.9 Å². The van der Waals surface area contributed by atoms with Gasteiger partial charge in [-0.1, -0.05) is 24.4 Å². The monoisotopic (exact) mass is 264 g/mol. The molecule has 0 saturated carbocycles. The Bertz CT molecular complexity index is 416. The normalized spacial score (nSPS) is 18.8. The van der Waals surface area contributed by atoms with Crippen LogP contribution < -0.4 is 10.6 Å². The van der Waals surface area contributed by atoms with Gasteiger partial charge in [-0.2, -0.15) is 0 Å². The second-order valence-corrected chi connectivity index (χ2v) is 5.20. The summed E-state index contributed by atoms with van der Waals surface area (Å²) in [5.74, 6) is 0. The van der Waals surface area contributed by atoms with Crippen LogP contribution in [0.5, 0.6) is 0 Å². The van der Waals surface area contributed by atoms with Gasteiger partial charge in [0, 0.05) is 31.5 Å². The number of benzene rings is 1. The zero-order valence-electron chi connectivity index (χ0n) is 10.8. The lowest BCUT2D eigenvalue weighted by atomic mass is 10.1. The Labute approximate surface area is 114 Å². The first-order valence-corrected chi connectivity index (χ1v) is 6.80. The van der Waals surface area contributed by atoms with Crippen LogP contribution in [0.15, 0.2) is 24.3 Å². The average molecular weight is 264 g/mol. The largest absolute Gasteiger partial charge is 0.389 e. The van der Waals surface area contributed by atoms with Gasteiger partial charge < -0.3 is 15.4 Å². The smallest absolute Gasteiger partial charge is 0.104 e. The number of nitrogens with two attached hydrogens (primary N) is 1. The molecule has 98 valence electrons. The molecule has 0 amide bonds. The molecule has 1 heterocycles. The fourth-order valence-electron chi connectivity index (χ4n) is 2.24. The van der Waals surface area contributed by atoms with Crippen molar-refractivity contribution in [1.29, 1.82) is 0 Å². The third-order valence-corrected chi connectivity index (χ3v) is 3.62. The van der Waals surface area contributed by atoms with Crippen molar-refractivity contribution in [2.45, 2.75) is 25.4 Å². The van der Waals surface area contributed by atoms with Gasteiger partial charge in [-0.25, -0.2) is 0 Å². The van der Waals surface area contributed by atoms with Crippen molar-refractivity contribution in [3.8, 4) is 0 Å². The third-order valence-electron chi connectivity index (χ3n) is 3.38. The molecule has 1 fully saturated rings. The van der Waals surface area contributed by atoms with E-state index in [9.17, 15) is 0 Å². The molecule has 3 nitrogen and oxygen atoms in total. The summed E-state index contributed by atoms with van der Waals surface area (Å²) in [5, 5.41) is 0. The van der Waals surface area contributed by atoms with Crippen LogP contribution >= 0.6 is 12.2 Å². The van der Waals surface area contributed by atoms with Crippen molar-refractivity contribution in [2.24, 2.45) is 5.73 Å². The van der Waals surface area contributed by atoms with Crippen LogP contribution in [0.2, 0.25) is 0 Å². The van der Waals surface area contributed by atoms with Crippen LogP contribution in [-0.4, -0.2) is 31.3 Å². The average Bonchev–Trinajstić information content (AvgIpc) is 2.89. The second-order valence-electron chi connectivity index (χ2n) is 4.76. The van der Waals surface area contributed by atoms with Gasteiger partial charge >= 0.3 is 0 Å². The molecule has 2 rings (SSSR count). The Balaban J connectivity index is 1.93. The minimum atomic E-state index is 0.436. The molecule has 0 spiro atoms. The zero-order chi connectivity index (χ0) is 13.0. The highest BCUT2D eigenvalue weighted by atomic mass is 32.1. The molecular formula is C14H20N2OS. The summed E-state index contributed by atoms with van der Waals surface area (Å²) in [6, 6.07) is 8.06. The summed E-state index contributed by atoms with van der Waals surface area (Å²) >= 11 is 5.00. The molecule has 1 saturated heterocycles. The van der Waals surface area contributed by atoms with Crippen molar-refractivity contribution in [1.82, 2.24) is 0 Å². The summed E-state index contributed by atoms with van der Waals surface area (Å²) < 4.78 is 5.63. The SMILES string of the molecule is CN(CCC1CCCO1)c1cccc(C(N)=S)c1. The fraction of sp³-hybridized carbons (Fsp3) is 0.500. The first-order valence-electron chi connectivity index (χ1n) is 6.39. The number of rotatable bonds is 5. The summed E-state index contributed by atoms with van der Waals surface area (Å²) in [4.78, 5) is 2.67. The van der Waals surface area contributed by atoms with Crippen LogP contribution in [0.3, 0.4) is 0 Å². The van der Waals surface area contributed by atoms with E-state index in [4.69, 9.17) is 22.7 Å². The lowest BCUT2D eigenvalue weighted by Crippen LogP contribution is -2.23. The van der Waals surface area contributed by atoms with Gasteiger partial charge in [0.05, 0.1) is 6.10 Å².